The van der Waals surface area contributed by atoms with Crippen LogP contribution in [-0.4, -0.2) is 23.5 Å². The van der Waals surface area contributed by atoms with E-state index in [4.69, 9.17) is 16.3 Å². The number of nitro groups is 1. The number of alkyl halides is 1. The van der Waals surface area contributed by atoms with Crippen LogP contribution in [0.15, 0.2) is 18.2 Å². The molecule has 1 aromatic rings. The molecule has 4 nitrogen and oxygen atoms in total. The Morgan fingerprint density at radius 1 is 1.53 bits per heavy atom. The van der Waals surface area contributed by atoms with E-state index >= 15 is 0 Å². The number of nitrogens with zero attached hydrogens (tertiary/aromatic N) is 1. The van der Waals surface area contributed by atoms with Crippen molar-refractivity contribution >= 4 is 29.1 Å². The maximum absolute atomic E-state index is 10.9. The third kappa shape index (κ3) is 4.44. The number of hydrogen-bond donors (Lipinski definition) is 0. The molecule has 0 unspecified atom stereocenters. The average molecular weight is 276 g/mol. The average Bonchev–Trinajstić information content (AvgIpc) is 2.34. The van der Waals surface area contributed by atoms with E-state index in [2.05, 4.69) is 0 Å². The molecular weight excluding hydrogens is 262 g/mol. The Morgan fingerprint density at radius 2 is 2.29 bits per heavy atom. The summed E-state index contributed by atoms with van der Waals surface area (Å²) in [4.78, 5) is 10.4. The van der Waals surface area contributed by atoms with Gasteiger partial charge in [-0.2, -0.15) is 11.8 Å². The highest BCUT2D eigenvalue weighted by Crippen LogP contribution is 2.28. The van der Waals surface area contributed by atoms with Gasteiger partial charge in [-0.15, -0.1) is 11.6 Å². The maximum atomic E-state index is 10.9. The van der Waals surface area contributed by atoms with Crippen LogP contribution >= 0.6 is 23.4 Å². The van der Waals surface area contributed by atoms with Gasteiger partial charge in [0.1, 0.15) is 0 Å². The summed E-state index contributed by atoms with van der Waals surface area (Å²) in [7, 11) is 0. The van der Waals surface area contributed by atoms with Crippen LogP contribution in [0.3, 0.4) is 0 Å². The van der Waals surface area contributed by atoms with Gasteiger partial charge in [0.05, 0.1) is 11.5 Å². The summed E-state index contributed by atoms with van der Waals surface area (Å²) in [6, 6.07) is 4.80. The van der Waals surface area contributed by atoms with Gasteiger partial charge in [0, 0.05) is 11.9 Å². The topological polar surface area (TPSA) is 52.4 Å². The van der Waals surface area contributed by atoms with Gasteiger partial charge >= 0.3 is 5.69 Å². The Hall–Kier alpha value is -0.940. The van der Waals surface area contributed by atoms with Gasteiger partial charge in [0.15, 0.2) is 5.75 Å². The smallest absolute Gasteiger partial charge is 0.311 e. The van der Waals surface area contributed by atoms with Crippen LogP contribution in [0.4, 0.5) is 5.69 Å². The fourth-order valence-corrected chi connectivity index (χ4v) is 1.87. The summed E-state index contributed by atoms with van der Waals surface area (Å²) in [5, 5.41) is 10.9. The molecule has 94 valence electrons. The van der Waals surface area contributed by atoms with Gasteiger partial charge in [-0.3, -0.25) is 10.1 Å². The zero-order chi connectivity index (χ0) is 12.7. The highest BCUT2D eigenvalue weighted by Gasteiger charge is 2.15. The van der Waals surface area contributed by atoms with Crippen molar-refractivity contribution in [3.63, 3.8) is 0 Å². The number of ether oxygens (including phenoxy) is 1. The molecule has 1 rings (SSSR count). The minimum Gasteiger partial charge on any atom is -0.487 e. The zero-order valence-corrected chi connectivity index (χ0v) is 11.1. The summed E-state index contributed by atoms with van der Waals surface area (Å²) in [6.07, 6.45) is 2.88. The second-order valence-corrected chi connectivity index (χ2v) is 4.64. The van der Waals surface area contributed by atoms with E-state index < -0.39 is 4.92 Å². The Kier molecular flexibility index (Phi) is 6.15. The lowest BCUT2D eigenvalue weighted by Crippen LogP contribution is -2.02. The Bertz CT molecular complexity index is 387. The quantitative estimate of drug-likeness (QED) is 0.331. The van der Waals surface area contributed by atoms with E-state index in [-0.39, 0.29) is 11.6 Å². The lowest BCUT2D eigenvalue weighted by Gasteiger charge is -2.07. The number of hydrogen-bond acceptors (Lipinski definition) is 4. The molecule has 0 heterocycles. The predicted octanol–water partition coefficient (Wildman–Crippen LogP) is 3.47. The van der Waals surface area contributed by atoms with Crippen LogP contribution in [0.2, 0.25) is 0 Å². The molecule has 0 fully saturated rings. The molecule has 0 saturated heterocycles. The number of thioether (sulfide) groups is 1. The van der Waals surface area contributed by atoms with E-state index in [9.17, 15) is 10.1 Å². The van der Waals surface area contributed by atoms with Crippen molar-refractivity contribution in [3.8, 4) is 5.75 Å². The monoisotopic (exact) mass is 275 g/mol. The first-order valence-corrected chi connectivity index (χ1v) is 7.07. The van der Waals surface area contributed by atoms with Gasteiger partial charge in [-0.1, -0.05) is 6.07 Å². The largest absolute Gasteiger partial charge is 0.487 e. The molecule has 6 heteroatoms. The van der Waals surface area contributed by atoms with Gasteiger partial charge < -0.3 is 4.74 Å². The Morgan fingerprint density at radius 3 is 2.88 bits per heavy atom. The molecule has 0 atom stereocenters. The van der Waals surface area contributed by atoms with Crippen molar-refractivity contribution in [1.82, 2.24) is 0 Å². The van der Waals surface area contributed by atoms with Gasteiger partial charge in [-0.05, 0) is 30.1 Å². The van der Waals surface area contributed by atoms with Crippen molar-refractivity contribution in [2.24, 2.45) is 0 Å². The molecule has 0 aromatic heterocycles. The molecule has 0 aliphatic rings. The Balaban J connectivity index is 2.73. The van der Waals surface area contributed by atoms with E-state index in [1.54, 1.807) is 23.9 Å². The van der Waals surface area contributed by atoms with E-state index in [0.29, 0.717) is 12.4 Å². The summed E-state index contributed by atoms with van der Waals surface area (Å²) >= 11 is 7.36. The van der Waals surface area contributed by atoms with Crippen LogP contribution < -0.4 is 4.74 Å². The summed E-state index contributed by atoms with van der Waals surface area (Å²) in [5.41, 5.74) is 0.696. The molecule has 0 aliphatic heterocycles. The second-order valence-electron chi connectivity index (χ2n) is 3.39. The minimum atomic E-state index is -0.444. The van der Waals surface area contributed by atoms with Gasteiger partial charge in [0.25, 0.3) is 0 Å². The maximum Gasteiger partial charge on any atom is 0.311 e. The first-order chi connectivity index (χ1) is 8.19. The molecule has 0 amide bonds. The summed E-state index contributed by atoms with van der Waals surface area (Å²) < 4.78 is 5.40. The van der Waals surface area contributed by atoms with Crippen LogP contribution in [-0.2, 0) is 5.88 Å². The third-order valence-corrected chi connectivity index (χ3v) is 3.13. The van der Waals surface area contributed by atoms with Crippen LogP contribution in [0.25, 0.3) is 0 Å². The van der Waals surface area contributed by atoms with Gasteiger partial charge in [0.2, 0.25) is 0 Å². The molecule has 1 aromatic carbocycles. The first kappa shape index (κ1) is 14.1. The first-order valence-electron chi connectivity index (χ1n) is 5.14. The molecule has 0 bridgehead atoms. The van der Waals surface area contributed by atoms with E-state index in [1.807, 2.05) is 6.26 Å². The van der Waals surface area contributed by atoms with Crippen LogP contribution in [0.1, 0.15) is 12.0 Å². The van der Waals surface area contributed by atoms with Crippen molar-refractivity contribution < 1.29 is 9.66 Å². The van der Waals surface area contributed by atoms with Crippen molar-refractivity contribution in [2.75, 3.05) is 18.6 Å². The highest BCUT2D eigenvalue weighted by atomic mass is 35.5. The van der Waals surface area contributed by atoms with Crippen molar-refractivity contribution in [3.05, 3.63) is 33.9 Å². The molecular formula is C11H14ClNO3S. The Labute approximate surface area is 109 Å². The number of halogens is 1. The number of rotatable bonds is 7. The number of nitro benzene ring substituents is 1. The molecule has 0 spiro atoms. The predicted molar refractivity (Wildman–Crippen MR) is 71.1 cm³/mol. The molecule has 0 radical (unpaired) electrons. The van der Waals surface area contributed by atoms with Gasteiger partial charge in [-0.25, -0.2) is 0 Å². The summed E-state index contributed by atoms with van der Waals surface area (Å²) in [5.74, 6) is 1.55. The van der Waals surface area contributed by atoms with Crippen molar-refractivity contribution in [1.29, 1.82) is 0 Å². The minimum absolute atomic E-state index is 0.0210. The van der Waals surface area contributed by atoms with E-state index in [0.717, 1.165) is 17.7 Å². The van der Waals surface area contributed by atoms with E-state index in [1.165, 1.54) is 6.07 Å². The molecule has 0 N–H and O–H groups in total. The van der Waals surface area contributed by atoms with Crippen molar-refractivity contribution in [2.45, 2.75) is 12.3 Å². The number of benzene rings is 1. The normalized spacial score (nSPS) is 10.2. The standard InChI is InChI=1S/C11H14ClNO3S/c1-17-6-2-5-16-11-4-3-9(8-12)7-10(11)13(14)15/h3-4,7H,2,5-6,8H2,1H3. The lowest BCUT2D eigenvalue weighted by molar-refractivity contribution is -0.385. The zero-order valence-electron chi connectivity index (χ0n) is 9.52. The third-order valence-electron chi connectivity index (χ3n) is 2.12. The molecule has 0 saturated carbocycles. The van der Waals surface area contributed by atoms with Crippen LogP contribution in [0, 0.1) is 10.1 Å². The highest BCUT2D eigenvalue weighted by molar-refractivity contribution is 7.98. The van der Waals surface area contributed by atoms with Crippen LogP contribution in [0.5, 0.6) is 5.75 Å². The molecule has 0 aliphatic carbocycles. The molecule has 17 heavy (non-hydrogen) atoms. The SMILES string of the molecule is CSCCCOc1ccc(CCl)cc1[N+](=O)[O-]. The lowest BCUT2D eigenvalue weighted by atomic mass is 10.2. The summed E-state index contributed by atoms with van der Waals surface area (Å²) in [6.45, 7) is 0.488. The fourth-order valence-electron chi connectivity index (χ4n) is 1.30. The second kappa shape index (κ2) is 7.40. The fraction of sp³-hybridized carbons (Fsp3) is 0.455.